The standard InChI is InChI=1S/C28H37BrN2O5S/c1-5-13-30(22-17(3)11-10-12-18(22)4)26(34)24-28-16-19(29)23(37-28)20(27(35)36-6-2)21(28)25(33)31(24)14-8-7-9-15-32/h5,10-12,19-21,23-24,32H,1,6-9,13-16H2,2-4H3/t19?,20-,21-,23-,24?,28?/m0/s1. The van der Waals surface area contributed by atoms with Crippen molar-refractivity contribution in [1.82, 2.24) is 4.90 Å². The number of alkyl halides is 1. The number of hydrogen-bond donors (Lipinski definition) is 1. The van der Waals surface area contributed by atoms with Crippen LogP contribution in [-0.2, 0) is 19.1 Å². The van der Waals surface area contributed by atoms with Crippen molar-refractivity contribution >= 4 is 51.2 Å². The highest BCUT2D eigenvalue weighted by Gasteiger charge is 2.76. The van der Waals surface area contributed by atoms with Crippen molar-refractivity contribution in [2.24, 2.45) is 11.8 Å². The maximum Gasteiger partial charge on any atom is 0.310 e. The van der Waals surface area contributed by atoms with Crippen LogP contribution < -0.4 is 4.90 Å². The zero-order valence-electron chi connectivity index (χ0n) is 21.8. The molecule has 3 fully saturated rings. The number of unbranched alkanes of at least 4 members (excludes halogenated alkanes) is 2. The molecule has 0 aliphatic carbocycles. The lowest BCUT2D eigenvalue weighted by molar-refractivity contribution is -0.153. The molecule has 1 aromatic carbocycles. The zero-order chi connectivity index (χ0) is 26.9. The molecule has 2 amide bonds. The van der Waals surface area contributed by atoms with Crippen molar-refractivity contribution in [1.29, 1.82) is 0 Å². The first-order valence-electron chi connectivity index (χ1n) is 13.1. The molecule has 1 spiro atoms. The molecule has 202 valence electrons. The molecule has 2 bridgehead atoms. The summed E-state index contributed by atoms with van der Waals surface area (Å²) >= 11 is 5.41. The average Bonchev–Trinajstić information content (AvgIpc) is 3.44. The van der Waals surface area contributed by atoms with Crippen LogP contribution in [0.5, 0.6) is 0 Å². The van der Waals surface area contributed by atoms with Gasteiger partial charge in [-0.1, -0.05) is 40.2 Å². The summed E-state index contributed by atoms with van der Waals surface area (Å²) in [6.45, 7) is 10.7. The Hall–Kier alpha value is -1.84. The highest BCUT2D eigenvalue weighted by molar-refractivity contribution is 9.09. The van der Waals surface area contributed by atoms with E-state index in [1.165, 1.54) is 0 Å². The van der Waals surface area contributed by atoms with Crippen molar-refractivity contribution in [2.45, 2.75) is 67.3 Å². The summed E-state index contributed by atoms with van der Waals surface area (Å²) in [5.74, 6) is -1.79. The van der Waals surface area contributed by atoms with E-state index in [0.717, 1.165) is 23.2 Å². The van der Waals surface area contributed by atoms with Gasteiger partial charge in [0, 0.05) is 35.5 Å². The first kappa shape index (κ1) is 28.2. The number of rotatable bonds is 11. The maximum atomic E-state index is 14.6. The van der Waals surface area contributed by atoms with Crippen LogP contribution in [0.3, 0.4) is 0 Å². The molecule has 3 unspecified atom stereocenters. The number of benzene rings is 1. The Labute approximate surface area is 232 Å². The summed E-state index contributed by atoms with van der Waals surface area (Å²) in [4.78, 5) is 45.3. The molecule has 3 saturated heterocycles. The predicted molar refractivity (Wildman–Crippen MR) is 150 cm³/mol. The van der Waals surface area contributed by atoms with Gasteiger partial charge in [-0.25, -0.2) is 0 Å². The van der Waals surface area contributed by atoms with Gasteiger partial charge in [0.25, 0.3) is 5.91 Å². The molecular weight excluding hydrogens is 556 g/mol. The van der Waals surface area contributed by atoms with E-state index in [0.29, 0.717) is 32.4 Å². The van der Waals surface area contributed by atoms with Crippen LogP contribution in [0.15, 0.2) is 30.9 Å². The number of carbonyl (C=O) groups excluding carboxylic acids is 3. The van der Waals surface area contributed by atoms with Crippen molar-refractivity contribution in [3.8, 4) is 0 Å². The normalized spacial score (nSPS) is 29.9. The molecule has 1 N–H and O–H groups in total. The van der Waals surface area contributed by atoms with Gasteiger partial charge in [0.15, 0.2) is 0 Å². The highest BCUT2D eigenvalue weighted by Crippen LogP contribution is 2.68. The monoisotopic (exact) mass is 592 g/mol. The minimum Gasteiger partial charge on any atom is -0.466 e. The highest BCUT2D eigenvalue weighted by atomic mass is 79.9. The number of amides is 2. The van der Waals surface area contributed by atoms with Crippen LogP contribution in [0.2, 0.25) is 0 Å². The van der Waals surface area contributed by atoms with Gasteiger partial charge in [-0.15, -0.1) is 18.3 Å². The SMILES string of the molecule is C=CCN(C(=O)C1N(CCCCCO)C(=O)[C@@H]2[C@H](C(=O)OCC)[C@H]3SC12CC3Br)c1c(C)cccc1C. The smallest absolute Gasteiger partial charge is 0.310 e. The van der Waals surface area contributed by atoms with Crippen LogP contribution in [0.4, 0.5) is 5.69 Å². The second kappa shape index (κ2) is 11.5. The van der Waals surface area contributed by atoms with E-state index in [1.807, 2.05) is 32.0 Å². The molecule has 0 radical (unpaired) electrons. The summed E-state index contributed by atoms with van der Waals surface area (Å²) in [5, 5.41) is 9.12. The molecule has 37 heavy (non-hydrogen) atoms. The third-order valence-electron chi connectivity index (χ3n) is 7.93. The summed E-state index contributed by atoms with van der Waals surface area (Å²) < 4.78 is 4.72. The fourth-order valence-electron chi connectivity index (χ4n) is 6.53. The quantitative estimate of drug-likeness (QED) is 0.181. The lowest BCUT2D eigenvalue weighted by Crippen LogP contribution is -2.56. The largest absolute Gasteiger partial charge is 0.466 e. The van der Waals surface area contributed by atoms with Crippen molar-refractivity contribution in [3.63, 3.8) is 0 Å². The fraction of sp³-hybridized carbons (Fsp3) is 0.607. The van der Waals surface area contributed by atoms with Crippen LogP contribution in [0.25, 0.3) is 0 Å². The van der Waals surface area contributed by atoms with Gasteiger partial charge in [0.2, 0.25) is 5.91 Å². The number of esters is 1. The third-order valence-corrected chi connectivity index (χ3v) is 11.1. The Balaban J connectivity index is 1.79. The Bertz CT molecular complexity index is 1050. The number of para-hydroxylation sites is 1. The first-order valence-corrected chi connectivity index (χ1v) is 14.9. The zero-order valence-corrected chi connectivity index (χ0v) is 24.2. The molecule has 3 aliphatic rings. The maximum absolute atomic E-state index is 14.6. The van der Waals surface area contributed by atoms with E-state index in [-0.39, 0.29) is 41.1 Å². The minimum atomic E-state index is -0.711. The summed E-state index contributed by atoms with van der Waals surface area (Å²) in [6.07, 6.45) is 4.43. The average molecular weight is 594 g/mol. The van der Waals surface area contributed by atoms with E-state index in [4.69, 9.17) is 4.74 Å². The Kier molecular flexibility index (Phi) is 8.75. The van der Waals surface area contributed by atoms with Gasteiger partial charge in [-0.3, -0.25) is 14.4 Å². The van der Waals surface area contributed by atoms with E-state index in [2.05, 4.69) is 22.5 Å². The molecule has 3 aliphatic heterocycles. The van der Waals surface area contributed by atoms with Gasteiger partial charge >= 0.3 is 5.97 Å². The topological polar surface area (TPSA) is 87.2 Å². The summed E-state index contributed by atoms with van der Waals surface area (Å²) in [5.41, 5.74) is 2.80. The molecule has 6 atom stereocenters. The number of ether oxygens (including phenoxy) is 1. The Morgan fingerprint density at radius 1 is 1.30 bits per heavy atom. The molecule has 3 heterocycles. The number of aryl methyl sites for hydroxylation is 2. The molecule has 9 heteroatoms. The second-order valence-corrected chi connectivity index (χ2v) is 12.9. The molecular formula is C28H37BrN2O5S. The first-order chi connectivity index (χ1) is 17.7. The van der Waals surface area contributed by atoms with Gasteiger partial charge in [-0.2, -0.15) is 0 Å². The molecule has 7 nitrogen and oxygen atoms in total. The molecule has 0 saturated carbocycles. The number of aliphatic hydroxyl groups is 1. The van der Waals surface area contributed by atoms with Crippen LogP contribution in [-0.4, -0.2) is 75.0 Å². The number of carbonyl (C=O) groups is 3. The number of likely N-dealkylation sites (tertiary alicyclic amines) is 1. The molecule has 0 aromatic heterocycles. The van der Waals surface area contributed by atoms with Gasteiger partial charge < -0.3 is 19.6 Å². The van der Waals surface area contributed by atoms with E-state index >= 15 is 0 Å². The van der Waals surface area contributed by atoms with Gasteiger partial charge in [0.1, 0.15) is 6.04 Å². The number of anilines is 1. The number of hydrogen-bond acceptors (Lipinski definition) is 6. The lowest BCUT2D eigenvalue weighted by Gasteiger charge is -2.38. The van der Waals surface area contributed by atoms with E-state index < -0.39 is 22.6 Å². The second-order valence-electron chi connectivity index (χ2n) is 10.2. The number of aliphatic hydroxyl groups excluding tert-OH is 1. The van der Waals surface area contributed by atoms with Crippen molar-refractivity contribution in [3.05, 3.63) is 42.0 Å². The molecule has 1 aromatic rings. The Morgan fingerprint density at radius 2 is 2.00 bits per heavy atom. The summed E-state index contributed by atoms with van der Waals surface area (Å²) in [6, 6.07) is 5.24. The number of thioether (sulfide) groups is 1. The minimum absolute atomic E-state index is 0.00801. The van der Waals surface area contributed by atoms with Gasteiger partial charge in [-0.05, 0) is 57.6 Å². The summed E-state index contributed by atoms with van der Waals surface area (Å²) in [7, 11) is 0. The Morgan fingerprint density at radius 3 is 2.62 bits per heavy atom. The molecule has 4 rings (SSSR count). The van der Waals surface area contributed by atoms with Gasteiger partial charge in [0.05, 0.1) is 23.2 Å². The van der Waals surface area contributed by atoms with Crippen LogP contribution in [0, 0.1) is 25.7 Å². The van der Waals surface area contributed by atoms with Crippen LogP contribution in [0.1, 0.15) is 43.7 Å². The number of nitrogens with zero attached hydrogens (tertiary/aromatic N) is 2. The van der Waals surface area contributed by atoms with Crippen molar-refractivity contribution < 1.29 is 24.2 Å². The fourth-order valence-corrected chi connectivity index (χ4v) is 10.1. The van der Waals surface area contributed by atoms with Crippen molar-refractivity contribution in [2.75, 3.05) is 31.2 Å². The third kappa shape index (κ3) is 4.76. The van der Waals surface area contributed by atoms with E-state index in [1.54, 1.807) is 34.6 Å². The predicted octanol–water partition coefficient (Wildman–Crippen LogP) is 4.01. The number of halogens is 1. The van der Waals surface area contributed by atoms with E-state index in [9.17, 15) is 19.5 Å². The lowest BCUT2D eigenvalue weighted by atomic mass is 9.71. The number of fused-ring (bicyclic) bond motifs is 1. The van der Waals surface area contributed by atoms with Crippen LogP contribution >= 0.6 is 27.7 Å².